The molecular weight excluding hydrogens is 341 g/mol. The third kappa shape index (κ3) is 3.20. The largest absolute Gasteiger partial charge is 0.495 e. The van der Waals surface area contributed by atoms with Gasteiger partial charge in [0.15, 0.2) is 0 Å². The van der Waals surface area contributed by atoms with Crippen molar-refractivity contribution in [2.24, 2.45) is 0 Å². The van der Waals surface area contributed by atoms with Crippen molar-refractivity contribution >= 4 is 22.6 Å². The highest BCUT2D eigenvalue weighted by atomic mass is 127. The van der Waals surface area contributed by atoms with Crippen LogP contribution in [0.3, 0.4) is 0 Å². The molecule has 3 nitrogen and oxygen atoms in total. The summed E-state index contributed by atoms with van der Waals surface area (Å²) in [7, 11) is 1.58. The fraction of sp³-hybridized carbons (Fsp3) is 0.214. The Kier molecular flexibility index (Phi) is 4.54. The third-order valence-electron chi connectivity index (χ3n) is 2.74. The Morgan fingerprint density at radius 2 is 2.00 bits per heavy atom. The quantitative estimate of drug-likeness (QED) is 0.858. The SMILES string of the molecule is COc1cnccc1C(O)Cc1ccc(I)cc1. The van der Waals surface area contributed by atoms with Gasteiger partial charge < -0.3 is 9.84 Å². The predicted octanol–water partition coefficient (Wildman–Crippen LogP) is 2.97. The second-order valence-corrected chi connectivity index (χ2v) is 5.21. The molecule has 1 aromatic heterocycles. The van der Waals surface area contributed by atoms with E-state index in [2.05, 4.69) is 27.6 Å². The lowest BCUT2D eigenvalue weighted by molar-refractivity contribution is 0.174. The summed E-state index contributed by atoms with van der Waals surface area (Å²) in [5.74, 6) is 0.621. The monoisotopic (exact) mass is 355 g/mol. The summed E-state index contributed by atoms with van der Waals surface area (Å²) in [6, 6.07) is 9.91. The Labute approximate surface area is 120 Å². The van der Waals surface area contributed by atoms with Crippen molar-refractivity contribution < 1.29 is 9.84 Å². The Morgan fingerprint density at radius 1 is 1.28 bits per heavy atom. The van der Waals surface area contributed by atoms with E-state index in [0.29, 0.717) is 12.2 Å². The molecule has 18 heavy (non-hydrogen) atoms. The zero-order valence-corrected chi connectivity index (χ0v) is 12.2. The molecule has 0 radical (unpaired) electrons. The lowest BCUT2D eigenvalue weighted by Gasteiger charge is -2.14. The van der Waals surface area contributed by atoms with E-state index in [4.69, 9.17) is 4.74 Å². The Hall–Kier alpha value is -1.14. The van der Waals surface area contributed by atoms with Gasteiger partial charge in [-0.3, -0.25) is 4.98 Å². The molecule has 1 unspecified atom stereocenters. The smallest absolute Gasteiger partial charge is 0.142 e. The minimum absolute atomic E-state index is 0.567. The van der Waals surface area contributed by atoms with Crippen LogP contribution >= 0.6 is 22.6 Å². The normalized spacial score (nSPS) is 12.2. The van der Waals surface area contributed by atoms with Gasteiger partial charge in [-0.25, -0.2) is 0 Å². The van der Waals surface area contributed by atoms with Gasteiger partial charge in [0, 0.05) is 21.8 Å². The van der Waals surface area contributed by atoms with Gasteiger partial charge in [-0.2, -0.15) is 0 Å². The number of pyridine rings is 1. The molecule has 2 rings (SSSR count). The van der Waals surface area contributed by atoms with Gasteiger partial charge in [-0.15, -0.1) is 0 Å². The molecule has 0 fully saturated rings. The van der Waals surface area contributed by atoms with Crippen LogP contribution in [0.5, 0.6) is 5.75 Å². The number of nitrogens with zero attached hydrogens (tertiary/aromatic N) is 1. The van der Waals surface area contributed by atoms with Crippen molar-refractivity contribution in [1.29, 1.82) is 0 Å². The van der Waals surface area contributed by atoms with Crippen molar-refractivity contribution in [3.63, 3.8) is 0 Å². The highest BCUT2D eigenvalue weighted by Crippen LogP contribution is 2.26. The van der Waals surface area contributed by atoms with Crippen molar-refractivity contribution in [1.82, 2.24) is 4.98 Å². The predicted molar refractivity (Wildman–Crippen MR) is 78.6 cm³/mol. The zero-order chi connectivity index (χ0) is 13.0. The van der Waals surface area contributed by atoms with E-state index in [0.717, 1.165) is 11.1 Å². The Morgan fingerprint density at radius 3 is 2.67 bits per heavy atom. The number of halogens is 1. The number of rotatable bonds is 4. The Bertz CT molecular complexity index is 513. The van der Waals surface area contributed by atoms with E-state index in [1.807, 2.05) is 24.3 Å². The topological polar surface area (TPSA) is 42.4 Å². The summed E-state index contributed by atoms with van der Waals surface area (Å²) < 4.78 is 6.39. The standard InChI is InChI=1S/C14H14INO2/c1-18-14-9-16-7-6-12(14)13(17)8-10-2-4-11(15)5-3-10/h2-7,9,13,17H,8H2,1H3. The first-order valence-corrected chi connectivity index (χ1v) is 6.69. The summed E-state index contributed by atoms with van der Waals surface area (Å²) >= 11 is 2.26. The molecule has 94 valence electrons. The van der Waals surface area contributed by atoms with Crippen molar-refractivity contribution in [3.05, 3.63) is 57.4 Å². The molecule has 0 bridgehead atoms. The number of hydrogen-bond donors (Lipinski definition) is 1. The summed E-state index contributed by atoms with van der Waals surface area (Å²) in [5, 5.41) is 10.2. The second-order valence-electron chi connectivity index (χ2n) is 3.96. The maximum Gasteiger partial charge on any atom is 0.142 e. The maximum absolute atomic E-state index is 10.2. The number of ether oxygens (including phenoxy) is 1. The van der Waals surface area contributed by atoms with Crippen molar-refractivity contribution in [3.8, 4) is 5.75 Å². The molecule has 1 aromatic carbocycles. The van der Waals surface area contributed by atoms with E-state index in [1.165, 1.54) is 3.57 Å². The average molecular weight is 355 g/mol. The molecule has 1 heterocycles. The van der Waals surface area contributed by atoms with Crippen LogP contribution in [0.2, 0.25) is 0 Å². The lowest BCUT2D eigenvalue weighted by atomic mass is 10.0. The van der Waals surface area contributed by atoms with Gasteiger partial charge in [-0.1, -0.05) is 12.1 Å². The molecular formula is C14H14INO2. The first-order chi connectivity index (χ1) is 8.70. The van der Waals surface area contributed by atoms with Gasteiger partial charge in [-0.05, 0) is 46.4 Å². The Balaban J connectivity index is 2.16. The first-order valence-electron chi connectivity index (χ1n) is 5.61. The van der Waals surface area contributed by atoms with Crippen LogP contribution in [0.25, 0.3) is 0 Å². The van der Waals surface area contributed by atoms with E-state index < -0.39 is 6.10 Å². The van der Waals surface area contributed by atoms with Crippen LogP contribution in [-0.2, 0) is 6.42 Å². The highest BCUT2D eigenvalue weighted by Gasteiger charge is 2.13. The molecule has 1 atom stereocenters. The average Bonchev–Trinajstić information content (AvgIpc) is 2.41. The molecule has 0 aliphatic rings. The molecule has 2 aromatic rings. The molecule has 1 N–H and O–H groups in total. The van der Waals surface area contributed by atoms with Gasteiger partial charge in [0.25, 0.3) is 0 Å². The minimum Gasteiger partial charge on any atom is -0.495 e. The molecule has 4 heteroatoms. The van der Waals surface area contributed by atoms with Gasteiger partial charge in [0.05, 0.1) is 19.4 Å². The maximum atomic E-state index is 10.2. The highest BCUT2D eigenvalue weighted by molar-refractivity contribution is 14.1. The fourth-order valence-electron chi connectivity index (χ4n) is 1.79. The third-order valence-corrected chi connectivity index (χ3v) is 3.46. The van der Waals surface area contributed by atoms with Crippen LogP contribution in [0, 0.1) is 3.57 Å². The van der Waals surface area contributed by atoms with Gasteiger partial charge >= 0.3 is 0 Å². The summed E-state index contributed by atoms with van der Waals surface area (Å²) in [6.07, 6.45) is 3.27. The molecule has 0 aliphatic heterocycles. The molecule has 0 amide bonds. The van der Waals surface area contributed by atoms with E-state index in [1.54, 1.807) is 25.6 Å². The van der Waals surface area contributed by atoms with Crippen LogP contribution in [0.15, 0.2) is 42.7 Å². The number of methoxy groups -OCH3 is 1. The van der Waals surface area contributed by atoms with Gasteiger partial charge in [0.2, 0.25) is 0 Å². The molecule has 0 aliphatic carbocycles. The lowest BCUT2D eigenvalue weighted by Crippen LogP contribution is -2.04. The van der Waals surface area contributed by atoms with Crippen LogP contribution < -0.4 is 4.74 Å². The minimum atomic E-state index is -0.581. The summed E-state index contributed by atoms with van der Waals surface area (Å²) in [4.78, 5) is 3.98. The van der Waals surface area contributed by atoms with E-state index >= 15 is 0 Å². The number of aliphatic hydroxyl groups is 1. The van der Waals surface area contributed by atoms with Crippen LogP contribution in [-0.4, -0.2) is 17.2 Å². The van der Waals surface area contributed by atoms with Crippen molar-refractivity contribution in [2.75, 3.05) is 7.11 Å². The molecule has 0 spiro atoms. The van der Waals surface area contributed by atoms with Crippen LogP contribution in [0.4, 0.5) is 0 Å². The second kappa shape index (κ2) is 6.15. The number of aliphatic hydroxyl groups excluding tert-OH is 1. The van der Waals surface area contributed by atoms with E-state index in [9.17, 15) is 5.11 Å². The number of aromatic nitrogens is 1. The van der Waals surface area contributed by atoms with Crippen molar-refractivity contribution in [2.45, 2.75) is 12.5 Å². The zero-order valence-electron chi connectivity index (χ0n) is 10.0. The fourth-order valence-corrected chi connectivity index (χ4v) is 2.15. The van der Waals surface area contributed by atoms with E-state index in [-0.39, 0.29) is 0 Å². The molecule has 0 saturated heterocycles. The number of hydrogen-bond acceptors (Lipinski definition) is 3. The van der Waals surface area contributed by atoms with Gasteiger partial charge in [0.1, 0.15) is 5.75 Å². The summed E-state index contributed by atoms with van der Waals surface area (Å²) in [6.45, 7) is 0. The summed E-state index contributed by atoms with van der Waals surface area (Å²) in [5.41, 5.74) is 1.87. The van der Waals surface area contributed by atoms with Crippen LogP contribution in [0.1, 0.15) is 17.2 Å². The first kappa shape index (κ1) is 13.3. The number of benzene rings is 1. The molecule has 0 saturated carbocycles.